The van der Waals surface area contributed by atoms with Crippen LogP contribution in [-0.2, 0) is 16.2 Å². The molecule has 0 aromatic heterocycles. The van der Waals surface area contributed by atoms with E-state index in [1.54, 1.807) is 4.90 Å². The molecule has 1 atom stereocenters. The number of amides is 1. The van der Waals surface area contributed by atoms with Crippen molar-refractivity contribution >= 4 is 6.09 Å². The Morgan fingerprint density at radius 2 is 2.00 bits per heavy atom. The van der Waals surface area contributed by atoms with Crippen molar-refractivity contribution in [2.45, 2.75) is 45.5 Å². The van der Waals surface area contributed by atoms with Crippen LogP contribution in [0.4, 0.5) is 4.79 Å². The summed E-state index contributed by atoms with van der Waals surface area (Å²) in [6.07, 6.45) is 0.505. The molecule has 2 N–H and O–H groups in total. The smallest absolute Gasteiger partial charge is 0.410 e. The summed E-state index contributed by atoms with van der Waals surface area (Å²) in [6, 6.07) is 7.57. The molecule has 2 rings (SSSR count). The molecule has 1 aromatic rings. The highest BCUT2D eigenvalue weighted by Gasteiger charge is 2.30. The second-order valence-corrected chi connectivity index (χ2v) is 6.41. The first kappa shape index (κ1) is 16.6. The van der Waals surface area contributed by atoms with E-state index in [2.05, 4.69) is 4.84 Å². The highest BCUT2D eigenvalue weighted by Crippen LogP contribution is 2.21. The third kappa shape index (κ3) is 4.89. The number of nitrogens with zero attached hydrogens (tertiary/aromatic N) is 1. The summed E-state index contributed by atoms with van der Waals surface area (Å²) in [5.74, 6) is 5.81. The summed E-state index contributed by atoms with van der Waals surface area (Å²) in [4.78, 5) is 18.3. The number of ether oxygens (including phenoxy) is 2. The van der Waals surface area contributed by atoms with E-state index in [0.29, 0.717) is 19.7 Å². The van der Waals surface area contributed by atoms with Gasteiger partial charge in [0, 0.05) is 13.0 Å². The third-order valence-electron chi connectivity index (χ3n) is 3.27. The van der Waals surface area contributed by atoms with Gasteiger partial charge in [0.25, 0.3) is 0 Å². The van der Waals surface area contributed by atoms with Gasteiger partial charge in [-0.15, -0.1) is 0 Å². The fourth-order valence-corrected chi connectivity index (χ4v) is 2.27. The van der Waals surface area contributed by atoms with Crippen LogP contribution in [0.1, 0.15) is 32.8 Å². The molecule has 1 fully saturated rings. The first-order chi connectivity index (χ1) is 10.4. The second kappa shape index (κ2) is 6.98. The van der Waals surface area contributed by atoms with Crippen molar-refractivity contribution in [2.24, 2.45) is 5.90 Å². The fraction of sp³-hybridized carbons (Fsp3) is 0.562. The van der Waals surface area contributed by atoms with Crippen molar-refractivity contribution in [1.82, 2.24) is 4.90 Å². The molecule has 0 saturated carbocycles. The highest BCUT2D eigenvalue weighted by molar-refractivity contribution is 5.68. The van der Waals surface area contributed by atoms with Gasteiger partial charge in [-0.2, -0.15) is 0 Å². The third-order valence-corrected chi connectivity index (χ3v) is 3.27. The predicted molar refractivity (Wildman–Crippen MR) is 82.3 cm³/mol. The summed E-state index contributed by atoms with van der Waals surface area (Å²) < 4.78 is 11.3. The molecule has 0 radical (unpaired) electrons. The average Bonchev–Trinajstić information content (AvgIpc) is 2.88. The van der Waals surface area contributed by atoms with Gasteiger partial charge in [0.2, 0.25) is 0 Å². The molecule has 0 unspecified atom stereocenters. The lowest BCUT2D eigenvalue weighted by Gasteiger charge is -2.24. The van der Waals surface area contributed by atoms with Gasteiger partial charge in [0.1, 0.15) is 17.5 Å². The van der Waals surface area contributed by atoms with E-state index in [4.69, 9.17) is 15.4 Å². The molecule has 0 bridgehead atoms. The highest BCUT2D eigenvalue weighted by atomic mass is 16.6. The van der Waals surface area contributed by atoms with Gasteiger partial charge in [-0.3, -0.25) is 4.84 Å². The van der Waals surface area contributed by atoms with Gasteiger partial charge >= 0.3 is 6.09 Å². The number of carbonyl (C=O) groups is 1. The Hall–Kier alpha value is -1.79. The number of likely N-dealkylation sites (tertiary alicyclic amines) is 1. The van der Waals surface area contributed by atoms with Crippen molar-refractivity contribution in [3.63, 3.8) is 0 Å². The van der Waals surface area contributed by atoms with E-state index in [-0.39, 0.29) is 12.2 Å². The Morgan fingerprint density at radius 1 is 1.32 bits per heavy atom. The molecular formula is C16H24N2O4. The normalized spacial score (nSPS) is 18.4. The summed E-state index contributed by atoms with van der Waals surface area (Å²) in [5.41, 5.74) is 0.508. The van der Waals surface area contributed by atoms with E-state index < -0.39 is 5.60 Å². The van der Waals surface area contributed by atoms with E-state index >= 15 is 0 Å². The molecule has 0 spiro atoms. The Morgan fingerprint density at radius 3 is 2.59 bits per heavy atom. The monoisotopic (exact) mass is 308 g/mol. The standard InChI is InChI=1S/C16H24N2O4/c1-16(2,3)22-15(19)18-9-8-14(10-18)21-13-6-4-12(5-7-13)11-20-17/h4-7,14H,8-11,17H2,1-3H3/t14-/m0/s1. The summed E-state index contributed by atoms with van der Waals surface area (Å²) in [6.45, 7) is 7.15. The Kier molecular flexibility index (Phi) is 5.26. The topological polar surface area (TPSA) is 74.0 Å². The molecule has 6 nitrogen and oxygen atoms in total. The van der Waals surface area contributed by atoms with Crippen LogP contribution >= 0.6 is 0 Å². The van der Waals surface area contributed by atoms with Gasteiger partial charge in [0.05, 0.1) is 13.2 Å². The van der Waals surface area contributed by atoms with Crippen LogP contribution in [0.25, 0.3) is 0 Å². The molecule has 22 heavy (non-hydrogen) atoms. The lowest BCUT2D eigenvalue weighted by molar-refractivity contribution is 0.0275. The van der Waals surface area contributed by atoms with Crippen LogP contribution in [0.15, 0.2) is 24.3 Å². The van der Waals surface area contributed by atoms with Gasteiger partial charge in [-0.25, -0.2) is 10.7 Å². The van der Waals surface area contributed by atoms with E-state index in [1.807, 2.05) is 45.0 Å². The van der Waals surface area contributed by atoms with Gasteiger partial charge in [-0.05, 0) is 38.5 Å². The predicted octanol–water partition coefficient (Wildman–Crippen LogP) is 2.47. The molecule has 6 heteroatoms. The molecule has 1 heterocycles. The summed E-state index contributed by atoms with van der Waals surface area (Å²) in [5, 5.41) is 0. The average molecular weight is 308 g/mol. The minimum atomic E-state index is -0.475. The number of benzene rings is 1. The molecule has 122 valence electrons. The van der Waals surface area contributed by atoms with Crippen molar-refractivity contribution in [3.05, 3.63) is 29.8 Å². The molecule has 1 aromatic carbocycles. The van der Waals surface area contributed by atoms with Crippen LogP contribution in [0.2, 0.25) is 0 Å². The van der Waals surface area contributed by atoms with E-state index in [9.17, 15) is 4.79 Å². The fourth-order valence-electron chi connectivity index (χ4n) is 2.27. The maximum Gasteiger partial charge on any atom is 0.410 e. The number of hydrogen-bond acceptors (Lipinski definition) is 5. The maximum atomic E-state index is 12.0. The summed E-state index contributed by atoms with van der Waals surface area (Å²) in [7, 11) is 0. The van der Waals surface area contributed by atoms with Crippen molar-refractivity contribution < 1.29 is 19.1 Å². The van der Waals surface area contributed by atoms with E-state index in [0.717, 1.165) is 17.7 Å². The Balaban J connectivity index is 1.84. The number of hydrogen-bond donors (Lipinski definition) is 1. The Labute approximate surface area is 131 Å². The molecule has 0 aliphatic carbocycles. The van der Waals surface area contributed by atoms with Crippen LogP contribution in [0.3, 0.4) is 0 Å². The zero-order chi connectivity index (χ0) is 16.2. The minimum Gasteiger partial charge on any atom is -0.489 e. The zero-order valence-electron chi connectivity index (χ0n) is 13.4. The van der Waals surface area contributed by atoms with Gasteiger partial charge < -0.3 is 14.4 Å². The minimum absolute atomic E-state index is 0.0101. The molecule has 1 aliphatic rings. The SMILES string of the molecule is CC(C)(C)OC(=O)N1CC[C@H](Oc2ccc(CON)cc2)C1. The maximum absolute atomic E-state index is 12.0. The lowest BCUT2D eigenvalue weighted by Crippen LogP contribution is -2.36. The molecular weight excluding hydrogens is 284 g/mol. The molecule has 1 saturated heterocycles. The Bertz CT molecular complexity index is 496. The zero-order valence-corrected chi connectivity index (χ0v) is 13.4. The molecule has 1 aliphatic heterocycles. The van der Waals surface area contributed by atoms with Crippen molar-refractivity contribution in [2.75, 3.05) is 13.1 Å². The van der Waals surface area contributed by atoms with E-state index in [1.165, 1.54) is 0 Å². The summed E-state index contributed by atoms with van der Waals surface area (Å²) >= 11 is 0. The molecule has 1 amide bonds. The number of carbonyl (C=O) groups excluding carboxylic acids is 1. The van der Waals surface area contributed by atoms with Gasteiger partial charge in [0.15, 0.2) is 0 Å². The first-order valence-electron chi connectivity index (χ1n) is 7.42. The van der Waals surface area contributed by atoms with Crippen LogP contribution < -0.4 is 10.6 Å². The van der Waals surface area contributed by atoms with Crippen LogP contribution in [0, 0.1) is 0 Å². The van der Waals surface area contributed by atoms with Crippen molar-refractivity contribution in [1.29, 1.82) is 0 Å². The van der Waals surface area contributed by atoms with Crippen LogP contribution in [0.5, 0.6) is 5.75 Å². The van der Waals surface area contributed by atoms with Crippen molar-refractivity contribution in [3.8, 4) is 5.75 Å². The van der Waals surface area contributed by atoms with Crippen LogP contribution in [-0.4, -0.2) is 35.8 Å². The lowest BCUT2D eigenvalue weighted by atomic mass is 10.2. The second-order valence-electron chi connectivity index (χ2n) is 6.41. The quantitative estimate of drug-likeness (QED) is 0.865. The van der Waals surface area contributed by atoms with Gasteiger partial charge in [-0.1, -0.05) is 12.1 Å². The largest absolute Gasteiger partial charge is 0.489 e. The first-order valence-corrected chi connectivity index (χ1v) is 7.42. The number of nitrogens with two attached hydrogens (primary N) is 1. The number of rotatable bonds is 4.